The van der Waals surface area contributed by atoms with Gasteiger partial charge in [0.05, 0.1) is 12.8 Å². The quantitative estimate of drug-likeness (QED) is 0.881. The van der Waals surface area contributed by atoms with Crippen LogP contribution >= 0.6 is 0 Å². The highest BCUT2D eigenvalue weighted by Gasteiger charge is 2.36. The minimum Gasteiger partial charge on any atom is -0.468 e. The Kier molecular flexibility index (Phi) is 4.10. The largest absolute Gasteiger partial charge is 0.468 e. The second-order valence-corrected chi connectivity index (χ2v) is 5.91. The first-order valence-electron chi connectivity index (χ1n) is 6.70. The number of likely N-dealkylation sites (N-methyl/N-ethyl adjacent to an activating group) is 1. The van der Waals surface area contributed by atoms with Crippen molar-refractivity contribution in [3.63, 3.8) is 0 Å². The SMILES string of the molecule is CN1CC(CCN)N(Cc2ccco2)CC1(C)C. The van der Waals surface area contributed by atoms with Gasteiger partial charge < -0.3 is 10.2 Å². The van der Waals surface area contributed by atoms with Gasteiger partial charge in [0.15, 0.2) is 0 Å². The third-order valence-corrected chi connectivity index (χ3v) is 4.06. The molecule has 1 atom stereocenters. The van der Waals surface area contributed by atoms with Crippen LogP contribution < -0.4 is 5.73 Å². The maximum absolute atomic E-state index is 5.74. The van der Waals surface area contributed by atoms with Gasteiger partial charge >= 0.3 is 0 Å². The Morgan fingerprint density at radius 2 is 2.28 bits per heavy atom. The standard InChI is InChI=1S/C14H25N3O/c1-14(2)11-17(10-13-5-4-8-18-13)12(6-7-15)9-16(14)3/h4-5,8,12H,6-7,9-11,15H2,1-3H3. The van der Waals surface area contributed by atoms with Crippen LogP contribution in [0.2, 0.25) is 0 Å². The molecule has 1 unspecified atom stereocenters. The number of hydrogen-bond acceptors (Lipinski definition) is 4. The minimum atomic E-state index is 0.206. The Balaban J connectivity index is 2.08. The predicted octanol–water partition coefficient (Wildman–Crippen LogP) is 1.52. The zero-order valence-electron chi connectivity index (χ0n) is 11.7. The Hall–Kier alpha value is -0.840. The van der Waals surface area contributed by atoms with Crippen LogP contribution in [0.5, 0.6) is 0 Å². The summed E-state index contributed by atoms with van der Waals surface area (Å²) in [7, 11) is 2.20. The summed E-state index contributed by atoms with van der Waals surface area (Å²) in [5, 5.41) is 0. The van der Waals surface area contributed by atoms with Crippen LogP contribution in [0, 0.1) is 0 Å². The lowest BCUT2D eigenvalue weighted by Gasteiger charge is -2.49. The molecule has 2 N–H and O–H groups in total. The topological polar surface area (TPSA) is 45.6 Å². The van der Waals surface area contributed by atoms with Crippen LogP contribution in [0.3, 0.4) is 0 Å². The van der Waals surface area contributed by atoms with E-state index in [-0.39, 0.29) is 5.54 Å². The van der Waals surface area contributed by atoms with Crippen LogP contribution in [0.15, 0.2) is 22.8 Å². The number of piperazine rings is 1. The van der Waals surface area contributed by atoms with Crippen molar-refractivity contribution in [2.75, 3.05) is 26.7 Å². The molecule has 0 aliphatic carbocycles. The van der Waals surface area contributed by atoms with E-state index in [0.29, 0.717) is 6.04 Å². The van der Waals surface area contributed by atoms with E-state index in [0.717, 1.165) is 38.4 Å². The molecule has 102 valence electrons. The normalized spacial score (nSPS) is 25.4. The summed E-state index contributed by atoms with van der Waals surface area (Å²) < 4.78 is 5.47. The third kappa shape index (κ3) is 2.94. The fourth-order valence-electron chi connectivity index (χ4n) is 2.68. The van der Waals surface area contributed by atoms with Crippen molar-refractivity contribution in [1.82, 2.24) is 9.80 Å². The molecule has 4 heteroatoms. The van der Waals surface area contributed by atoms with Crippen molar-refractivity contribution in [3.8, 4) is 0 Å². The van der Waals surface area contributed by atoms with Gasteiger partial charge in [0.25, 0.3) is 0 Å². The fraction of sp³-hybridized carbons (Fsp3) is 0.714. The lowest BCUT2D eigenvalue weighted by Crippen LogP contribution is -2.61. The zero-order valence-corrected chi connectivity index (χ0v) is 11.7. The second kappa shape index (κ2) is 5.43. The molecule has 0 bridgehead atoms. The number of furan rings is 1. The van der Waals surface area contributed by atoms with E-state index in [2.05, 4.69) is 30.7 Å². The summed E-state index contributed by atoms with van der Waals surface area (Å²) in [5.74, 6) is 1.04. The molecule has 0 saturated carbocycles. The molecule has 0 radical (unpaired) electrons. The van der Waals surface area contributed by atoms with E-state index >= 15 is 0 Å². The monoisotopic (exact) mass is 251 g/mol. The molecule has 0 aromatic carbocycles. The summed E-state index contributed by atoms with van der Waals surface area (Å²) in [5.41, 5.74) is 5.95. The fourth-order valence-corrected chi connectivity index (χ4v) is 2.68. The summed E-state index contributed by atoms with van der Waals surface area (Å²) in [6.07, 6.45) is 2.79. The molecule has 1 aromatic rings. The molecule has 4 nitrogen and oxygen atoms in total. The number of nitrogens with zero attached hydrogens (tertiary/aromatic N) is 2. The second-order valence-electron chi connectivity index (χ2n) is 5.91. The molecule has 1 aliphatic rings. The Morgan fingerprint density at radius 1 is 1.50 bits per heavy atom. The van der Waals surface area contributed by atoms with Crippen LogP contribution in [0.1, 0.15) is 26.0 Å². The van der Waals surface area contributed by atoms with E-state index in [1.807, 2.05) is 12.1 Å². The van der Waals surface area contributed by atoms with Gasteiger partial charge in [-0.15, -0.1) is 0 Å². The summed E-state index contributed by atoms with van der Waals surface area (Å²) in [6, 6.07) is 4.53. The highest BCUT2D eigenvalue weighted by molar-refractivity contribution is 5.01. The zero-order chi connectivity index (χ0) is 13.2. The molecule has 0 amide bonds. The molecule has 1 aliphatic heterocycles. The molecule has 1 aromatic heterocycles. The molecular formula is C14H25N3O. The number of hydrogen-bond donors (Lipinski definition) is 1. The first-order chi connectivity index (χ1) is 8.53. The van der Waals surface area contributed by atoms with Crippen molar-refractivity contribution in [1.29, 1.82) is 0 Å². The van der Waals surface area contributed by atoms with Crippen molar-refractivity contribution >= 4 is 0 Å². The van der Waals surface area contributed by atoms with Crippen molar-refractivity contribution in [2.24, 2.45) is 5.73 Å². The van der Waals surface area contributed by atoms with Gasteiger partial charge in [0.2, 0.25) is 0 Å². The summed E-state index contributed by atoms with van der Waals surface area (Å²) in [6.45, 7) is 8.34. The molecule has 18 heavy (non-hydrogen) atoms. The van der Waals surface area contributed by atoms with Gasteiger partial charge in [-0.3, -0.25) is 9.80 Å². The van der Waals surface area contributed by atoms with E-state index in [4.69, 9.17) is 10.2 Å². The van der Waals surface area contributed by atoms with E-state index < -0.39 is 0 Å². The Bertz CT molecular complexity index is 361. The third-order valence-electron chi connectivity index (χ3n) is 4.06. The molecule has 2 rings (SSSR count). The predicted molar refractivity (Wildman–Crippen MR) is 73.3 cm³/mol. The summed E-state index contributed by atoms with van der Waals surface area (Å²) >= 11 is 0. The minimum absolute atomic E-state index is 0.206. The average Bonchev–Trinajstić information content (AvgIpc) is 2.78. The van der Waals surface area contributed by atoms with Gasteiger partial charge in [-0.2, -0.15) is 0 Å². The number of rotatable bonds is 4. The number of nitrogens with two attached hydrogens (primary N) is 1. The van der Waals surface area contributed by atoms with Gasteiger partial charge in [0, 0.05) is 24.7 Å². The van der Waals surface area contributed by atoms with Crippen molar-refractivity contribution in [2.45, 2.75) is 38.4 Å². The van der Waals surface area contributed by atoms with Crippen LogP contribution in [0.4, 0.5) is 0 Å². The van der Waals surface area contributed by atoms with Crippen molar-refractivity contribution in [3.05, 3.63) is 24.2 Å². The highest BCUT2D eigenvalue weighted by atomic mass is 16.3. The lowest BCUT2D eigenvalue weighted by molar-refractivity contribution is -0.0108. The molecule has 1 fully saturated rings. The summed E-state index contributed by atoms with van der Waals surface area (Å²) in [4.78, 5) is 4.94. The van der Waals surface area contributed by atoms with Gasteiger partial charge in [-0.05, 0) is 46.0 Å². The van der Waals surface area contributed by atoms with Crippen LogP contribution in [-0.2, 0) is 6.54 Å². The molecular weight excluding hydrogens is 226 g/mol. The Labute approximate surface area is 110 Å². The maximum Gasteiger partial charge on any atom is 0.117 e. The van der Waals surface area contributed by atoms with E-state index in [1.165, 1.54) is 0 Å². The van der Waals surface area contributed by atoms with Gasteiger partial charge in [-0.25, -0.2) is 0 Å². The van der Waals surface area contributed by atoms with E-state index in [9.17, 15) is 0 Å². The molecule has 1 saturated heterocycles. The molecule has 2 heterocycles. The lowest BCUT2D eigenvalue weighted by atomic mass is 9.95. The average molecular weight is 251 g/mol. The smallest absolute Gasteiger partial charge is 0.117 e. The first kappa shape index (κ1) is 13.6. The maximum atomic E-state index is 5.74. The molecule has 0 spiro atoms. The van der Waals surface area contributed by atoms with Gasteiger partial charge in [-0.1, -0.05) is 0 Å². The van der Waals surface area contributed by atoms with E-state index in [1.54, 1.807) is 6.26 Å². The first-order valence-corrected chi connectivity index (χ1v) is 6.70. The van der Waals surface area contributed by atoms with Crippen LogP contribution in [0.25, 0.3) is 0 Å². The Morgan fingerprint density at radius 3 is 2.89 bits per heavy atom. The highest BCUT2D eigenvalue weighted by Crippen LogP contribution is 2.25. The van der Waals surface area contributed by atoms with Crippen molar-refractivity contribution < 1.29 is 4.42 Å². The van der Waals surface area contributed by atoms with Gasteiger partial charge in [0.1, 0.15) is 5.76 Å². The van der Waals surface area contributed by atoms with Crippen LogP contribution in [-0.4, -0.2) is 48.1 Å².